The monoisotopic (exact) mass is 339 g/mol. The number of amides is 1. The Bertz CT molecular complexity index is 757. The molecule has 1 saturated carbocycles. The summed E-state index contributed by atoms with van der Waals surface area (Å²) in [5, 5.41) is 4.19. The van der Waals surface area contributed by atoms with Crippen molar-refractivity contribution in [2.75, 3.05) is 13.7 Å². The van der Waals surface area contributed by atoms with Crippen molar-refractivity contribution < 1.29 is 9.53 Å². The van der Waals surface area contributed by atoms with Gasteiger partial charge in [0.1, 0.15) is 0 Å². The van der Waals surface area contributed by atoms with Crippen molar-refractivity contribution in [2.24, 2.45) is 13.0 Å². The summed E-state index contributed by atoms with van der Waals surface area (Å²) >= 11 is 0. The lowest BCUT2D eigenvalue weighted by molar-refractivity contribution is -0.177. The summed E-state index contributed by atoms with van der Waals surface area (Å²) in [5.74, 6) is 0.608. The van der Waals surface area contributed by atoms with E-state index in [0.29, 0.717) is 5.92 Å². The van der Waals surface area contributed by atoms with Gasteiger partial charge in [0, 0.05) is 38.4 Å². The standard InChI is InChI=1S/C20H25N3O2/c1-22-13-15(12-21-22)18(25-2)19(24)23-14-17-10-6-7-11-20(17,23)16-8-4-3-5-9-16/h3-5,8-9,12-13,17-18H,6-7,10-11,14H2,1-2H3. The molecule has 25 heavy (non-hydrogen) atoms. The number of nitrogens with zero attached hydrogens (tertiary/aromatic N) is 3. The predicted molar refractivity (Wildman–Crippen MR) is 94.7 cm³/mol. The van der Waals surface area contributed by atoms with Gasteiger partial charge in [0.25, 0.3) is 5.91 Å². The average molecular weight is 339 g/mol. The third-order valence-corrected chi connectivity index (χ3v) is 5.95. The number of aryl methyl sites for hydroxylation is 1. The van der Waals surface area contributed by atoms with Gasteiger partial charge in [-0.1, -0.05) is 43.2 Å². The van der Waals surface area contributed by atoms with Crippen molar-refractivity contribution in [2.45, 2.75) is 37.3 Å². The normalized spacial score (nSPS) is 26.6. The lowest BCUT2D eigenvalue weighted by Gasteiger charge is -2.62. The van der Waals surface area contributed by atoms with Crippen LogP contribution in [0.25, 0.3) is 0 Å². The minimum Gasteiger partial charge on any atom is -0.367 e. The van der Waals surface area contributed by atoms with Crippen LogP contribution in [0.4, 0.5) is 0 Å². The van der Waals surface area contributed by atoms with Gasteiger partial charge in [-0.15, -0.1) is 0 Å². The summed E-state index contributed by atoms with van der Waals surface area (Å²) in [4.78, 5) is 15.4. The number of carbonyl (C=O) groups is 1. The fourth-order valence-corrected chi connectivity index (χ4v) is 4.74. The molecule has 0 N–H and O–H groups in total. The van der Waals surface area contributed by atoms with Crippen LogP contribution in [0.5, 0.6) is 0 Å². The van der Waals surface area contributed by atoms with Gasteiger partial charge in [0.15, 0.2) is 6.10 Å². The van der Waals surface area contributed by atoms with Crippen LogP contribution >= 0.6 is 0 Å². The number of hydrogen-bond acceptors (Lipinski definition) is 3. The van der Waals surface area contributed by atoms with E-state index in [1.54, 1.807) is 18.0 Å². The van der Waals surface area contributed by atoms with E-state index in [1.165, 1.54) is 24.8 Å². The molecule has 3 unspecified atom stereocenters. The Hall–Kier alpha value is -2.14. The lowest BCUT2D eigenvalue weighted by Crippen LogP contribution is -2.68. The minimum absolute atomic E-state index is 0.0532. The summed E-state index contributed by atoms with van der Waals surface area (Å²) in [6.45, 7) is 0.827. The zero-order valence-corrected chi connectivity index (χ0v) is 14.9. The van der Waals surface area contributed by atoms with E-state index in [0.717, 1.165) is 18.5 Å². The van der Waals surface area contributed by atoms with Crippen molar-refractivity contribution >= 4 is 5.91 Å². The maximum absolute atomic E-state index is 13.4. The van der Waals surface area contributed by atoms with Gasteiger partial charge in [-0.05, 0) is 18.4 Å². The van der Waals surface area contributed by atoms with Crippen LogP contribution in [-0.4, -0.2) is 34.2 Å². The van der Waals surface area contributed by atoms with Gasteiger partial charge >= 0.3 is 0 Å². The molecular formula is C20H25N3O2. The molecule has 132 valence electrons. The number of rotatable bonds is 4. The summed E-state index contributed by atoms with van der Waals surface area (Å²) in [6, 6.07) is 10.5. The molecule has 1 amide bonds. The van der Waals surface area contributed by atoms with E-state index in [1.807, 2.05) is 19.3 Å². The van der Waals surface area contributed by atoms with Crippen LogP contribution in [0.3, 0.4) is 0 Å². The molecule has 1 saturated heterocycles. The Kier molecular flexibility index (Phi) is 4.12. The molecule has 1 aliphatic carbocycles. The highest BCUT2D eigenvalue weighted by Crippen LogP contribution is 2.54. The van der Waals surface area contributed by atoms with Crippen LogP contribution in [0.15, 0.2) is 42.7 Å². The first kappa shape index (κ1) is 16.3. The van der Waals surface area contributed by atoms with E-state index in [4.69, 9.17) is 4.74 Å². The highest BCUT2D eigenvalue weighted by Gasteiger charge is 2.57. The molecule has 1 aromatic carbocycles. The first-order valence-electron chi connectivity index (χ1n) is 9.05. The topological polar surface area (TPSA) is 47.4 Å². The van der Waals surface area contributed by atoms with Gasteiger partial charge in [-0.25, -0.2) is 0 Å². The summed E-state index contributed by atoms with van der Waals surface area (Å²) in [5.41, 5.74) is 1.92. The molecule has 5 nitrogen and oxygen atoms in total. The lowest BCUT2D eigenvalue weighted by atomic mass is 9.61. The number of ether oxygens (including phenoxy) is 1. The predicted octanol–water partition coefficient (Wildman–Crippen LogP) is 3.04. The third kappa shape index (κ3) is 2.49. The highest BCUT2D eigenvalue weighted by molar-refractivity contribution is 5.84. The molecule has 0 radical (unpaired) electrons. The van der Waals surface area contributed by atoms with E-state index in [-0.39, 0.29) is 11.4 Å². The number of fused-ring (bicyclic) bond motifs is 1. The Balaban J connectivity index is 1.68. The number of methoxy groups -OCH3 is 1. The summed E-state index contributed by atoms with van der Waals surface area (Å²) < 4.78 is 7.29. The van der Waals surface area contributed by atoms with E-state index in [9.17, 15) is 4.79 Å². The molecule has 3 atom stereocenters. The molecule has 2 fully saturated rings. The van der Waals surface area contributed by atoms with E-state index >= 15 is 0 Å². The first-order valence-corrected chi connectivity index (χ1v) is 9.05. The molecular weight excluding hydrogens is 314 g/mol. The maximum atomic E-state index is 13.4. The van der Waals surface area contributed by atoms with Gasteiger partial charge in [0.05, 0.1) is 11.7 Å². The zero-order chi connectivity index (χ0) is 17.4. The Morgan fingerprint density at radius 3 is 2.76 bits per heavy atom. The number of benzene rings is 1. The van der Waals surface area contributed by atoms with Gasteiger partial charge in [-0.3, -0.25) is 9.48 Å². The van der Waals surface area contributed by atoms with Crippen LogP contribution < -0.4 is 0 Å². The fraction of sp³-hybridized carbons (Fsp3) is 0.500. The first-order chi connectivity index (χ1) is 12.2. The van der Waals surface area contributed by atoms with E-state index < -0.39 is 6.10 Å². The minimum atomic E-state index is -0.586. The second-order valence-corrected chi connectivity index (χ2v) is 7.24. The Morgan fingerprint density at radius 1 is 1.32 bits per heavy atom. The molecule has 4 rings (SSSR count). The number of hydrogen-bond donors (Lipinski definition) is 0. The van der Waals surface area contributed by atoms with Gasteiger partial charge < -0.3 is 9.64 Å². The number of carbonyl (C=O) groups excluding carboxylic acids is 1. The average Bonchev–Trinajstić information content (AvgIpc) is 3.03. The van der Waals surface area contributed by atoms with Crippen LogP contribution in [0.1, 0.15) is 42.9 Å². The zero-order valence-electron chi connectivity index (χ0n) is 14.9. The fourth-order valence-electron chi connectivity index (χ4n) is 4.74. The maximum Gasteiger partial charge on any atom is 0.257 e. The summed E-state index contributed by atoms with van der Waals surface area (Å²) in [6.07, 6.45) is 7.66. The highest BCUT2D eigenvalue weighted by atomic mass is 16.5. The second kappa shape index (κ2) is 6.30. The van der Waals surface area contributed by atoms with Crippen LogP contribution in [-0.2, 0) is 22.1 Å². The van der Waals surface area contributed by atoms with Crippen molar-refractivity contribution in [1.29, 1.82) is 0 Å². The molecule has 1 aromatic heterocycles. The van der Waals surface area contributed by atoms with Gasteiger partial charge in [0.2, 0.25) is 0 Å². The molecule has 2 heterocycles. The Morgan fingerprint density at radius 2 is 2.12 bits per heavy atom. The van der Waals surface area contributed by atoms with Crippen molar-refractivity contribution in [3.05, 3.63) is 53.9 Å². The molecule has 2 aromatic rings. The molecule has 2 aliphatic rings. The van der Waals surface area contributed by atoms with Crippen molar-refractivity contribution in [1.82, 2.24) is 14.7 Å². The molecule has 1 aliphatic heterocycles. The quantitative estimate of drug-likeness (QED) is 0.860. The Labute approximate surface area is 148 Å². The van der Waals surface area contributed by atoms with Gasteiger partial charge in [-0.2, -0.15) is 5.10 Å². The molecule has 0 bridgehead atoms. The van der Waals surface area contributed by atoms with Crippen LogP contribution in [0, 0.1) is 5.92 Å². The largest absolute Gasteiger partial charge is 0.367 e. The SMILES string of the molecule is COC(C(=O)N1CC2CCCCC21c1ccccc1)c1cnn(C)c1. The smallest absolute Gasteiger partial charge is 0.257 e. The number of likely N-dealkylation sites (tertiary alicyclic amines) is 1. The second-order valence-electron chi connectivity index (χ2n) is 7.24. The molecule has 5 heteroatoms. The number of aromatic nitrogens is 2. The molecule has 0 spiro atoms. The van der Waals surface area contributed by atoms with Crippen molar-refractivity contribution in [3.8, 4) is 0 Å². The van der Waals surface area contributed by atoms with E-state index in [2.05, 4.69) is 34.3 Å². The third-order valence-electron chi connectivity index (χ3n) is 5.95. The van der Waals surface area contributed by atoms with Crippen LogP contribution in [0.2, 0.25) is 0 Å². The van der Waals surface area contributed by atoms with Crippen molar-refractivity contribution in [3.63, 3.8) is 0 Å². The summed E-state index contributed by atoms with van der Waals surface area (Å²) in [7, 11) is 3.45.